The van der Waals surface area contributed by atoms with E-state index in [2.05, 4.69) is 17.4 Å². The number of carbonyl (C=O) groups excluding carboxylic acids is 2. The van der Waals surface area contributed by atoms with E-state index in [-0.39, 0.29) is 17.9 Å². The maximum Gasteiger partial charge on any atom is 0.338 e. The third-order valence-electron chi connectivity index (χ3n) is 4.96. The Morgan fingerprint density at radius 3 is 2.50 bits per heavy atom. The molecule has 2 aromatic carbocycles. The molecule has 1 N–H and O–H groups in total. The van der Waals surface area contributed by atoms with Crippen molar-refractivity contribution in [2.75, 3.05) is 20.3 Å². The third kappa shape index (κ3) is 4.04. The second-order valence-corrected chi connectivity index (χ2v) is 6.58. The zero-order chi connectivity index (χ0) is 18.4. The molecule has 0 aliphatic heterocycles. The molecule has 0 unspecified atom stereocenters. The van der Waals surface area contributed by atoms with Crippen molar-refractivity contribution in [3.63, 3.8) is 0 Å². The smallest absolute Gasteiger partial charge is 0.338 e. The van der Waals surface area contributed by atoms with Gasteiger partial charge in [-0.05, 0) is 36.6 Å². The molecular formula is C21H23NO4. The van der Waals surface area contributed by atoms with E-state index in [4.69, 9.17) is 9.47 Å². The lowest BCUT2D eigenvalue weighted by Gasteiger charge is -2.42. The van der Waals surface area contributed by atoms with E-state index in [1.807, 2.05) is 18.2 Å². The van der Waals surface area contributed by atoms with E-state index in [0.29, 0.717) is 17.9 Å². The van der Waals surface area contributed by atoms with Gasteiger partial charge in [0.1, 0.15) is 5.75 Å². The molecule has 1 aliphatic carbocycles. The van der Waals surface area contributed by atoms with E-state index < -0.39 is 5.97 Å². The average Bonchev–Trinajstić information content (AvgIpc) is 2.66. The number of hydrogen-bond donors (Lipinski definition) is 1. The van der Waals surface area contributed by atoms with Gasteiger partial charge in [0.2, 0.25) is 0 Å². The van der Waals surface area contributed by atoms with Crippen LogP contribution in [0.3, 0.4) is 0 Å². The van der Waals surface area contributed by atoms with Gasteiger partial charge >= 0.3 is 5.97 Å². The number of hydrogen-bond acceptors (Lipinski definition) is 4. The highest BCUT2D eigenvalue weighted by Gasteiger charge is 2.38. The summed E-state index contributed by atoms with van der Waals surface area (Å²) in [5, 5.41) is 2.91. The number of rotatable bonds is 7. The highest BCUT2D eigenvalue weighted by atomic mass is 16.5. The summed E-state index contributed by atoms with van der Waals surface area (Å²) in [6.07, 6.45) is 3.28. The van der Waals surface area contributed by atoms with Crippen LogP contribution in [-0.4, -0.2) is 32.1 Å². The maximum atomic E-state index is 12.1. The summed E-state index contributed by atoms with van der Waals surface area (Å²) < 4.78 is 10.2. The van der Waals surface area contributed by atoms with Gasteiger partial charge in [0.15, 0.2) is 6.61 Å². The van der Waals surface area contributed by atoms with Gasteiger partial charge in [0.25, 0.3) is 5.91 Å². The number of esters is 1. The first-order valence-electron chi connectivity index (χ1n) is 8.76. The Morgan fingerprint density at radius 2 is 1.85 bits per heavy atom. The molecule has 0 saturated heterocycles. The Kier molecular flexibility index (Phi) is 5.56. The van der Waals surface area contributed by atoms with Crippen molar-refractivity contribution in [1.29, 1.82) is 0 Å². The van der Waals surface area contributed by atoms with Crippen LogP contribution in [0.4, 0.5) is 0 Å². The molecule has 0 atom stereocenters. The van der Waals surface area contributed by atoms with Crippen LogP contribution >= 0.6 is 0 Å². The standard InChI is InChI=1S/C21H23NO4/c1-25-18-10-5-7-16(13-18)20(24)26-14-19(23)22-15-21(11-6-12-21)17-8-3-2-4-9-17/h2-5,7-10,13H,6,11-12,14-15H2,1H3,(H,22,23). The molecule has 26 heavy (non-hydrogen) atoms. The van der Waals surface area contributed by atoms with Crippen LogP contribution in [0.25, 0.3) is 0 Å². The molecule has 1 fully saturated rings. The van der Waals surface area contributed by atoms with Crippen molar-refractivity contribution >= 4 is 11.9 Å². The van der Waals surface area contributed by atoms with Gasteiger partial charge in [-0.15, -0.1) is 0 Å². The maximum absolute atomic E-state index is 12.1. The van der Waals surface area contributed by atoms with Crippen LogP contribution in [0.1, 0.15) is 35.2 Å². The Bertz CT molecular complexity index is 769. The fourth-order valence-electron chi connectivity index (χ4n) is 3.25. The van der Waals surface area contributed by atoms with Crippen LogP contribution in [0.15, 0.2) is 54.6 Å². The number of methoxy groups -OCH3 is 1. The summed E-state index contributed by atoms with van der Waals surface area (Å²) >= 11 is 0. The lowest BCUT2D eigenvalue weighted by Crippen LogP contribution is -2.46. The Hall–Kier alpha value is -2.82. The monoisotopic (exact) mass is 353 g/mol. The molecule has 0 bridgehead atoms. The molecule has 5 heteroatoms. The molecule has 2 aromatic rings. The number of nitrogens with one attached hydrogen (secondary N) is 1. The predicted molar refractivity (Wildman–Crippen MR) is 98.3 cm³/mol. The van der Waals surface area contributed by atoms with Crippen molar-refractivity contribution < 1.29 is 19.1 Å². The number of benzene rings is 2. The zero-order valence-electron chi connectivity index (χ0n) is 14.9. The van der Waals surface area contributed by atoms with Crippen LogP contribution in [0, 0.1) is 0 Å². The van der Waals surface area contributed by atoms with E-state index in [1.54, 1.807) is 24.3 Å². The van der Waals surface area contributed by atoms with Gasteiger partial charge in [-0.3, -0.25) is 4.79 Å². The van der Waals surface area contributed by atoms with Gasteiger partial charge in [-0.1, -0.05) is 42.8 Å². The number of ether oxygens (including phenoxy) is 2. The van der Waals surface area contributed by atoms with Crippen LogP contribution in [0.5, 0.6) is 5.75 Å². The van der Waals surface area contributed by atoms with Crippen molar-refractivity contribution in [3.05, 3.63) is 65.7 Å². The molecule has 3 rings (SSSR count). The fraction of sp³-hybridized carbons (Fsp3) is 0.333. The Morgan fingerprint density at radius 1 is 1.08 bits per heavy atom. The van der Waals surface area contributed by atoms with Crippen molar-refractivity contribution in [2.24, 2.45) is 0 Å². The normalized spacial score (nSPS) is 14.8. The molecule has 0 aromatic heterocycles. The summed E-state index contributed by atoms with van der Waals surface area (Å²) in [7, 11) is 1.53. The molecule has 5 nitrogen and oxygen atoms in total. The van der Waals surface area contributed by atoms with Crippen molar-refractivity contribution in [1.82, 2.24) is 5.32 Å². The summed E-state index contributed by atoms with van der Waals surface area (Å²) in [4.78, 5) is 24.2. The largest absolute Gasteiger partial charge is 0.497 e. The summed E-state index contributed by atoms with van der Waals surface area (Å²) in [5.74, 6) is -0.261. The van der Waals surface area contributed by atoms with E-state index in [9.17, 15) is 9.59 Å². The summed E-state index contributed by atoms with van der Waals surface area (Å²) in [6.45, 7) is 0.271. The first-order valence-corrected chi connectivity index (χ1v) is 8.76. The second-order valence-electron chi connectivity index (χ2n) is 6.58. The van der Waals surface area contributed by atoms with Gasteiger partial charge in [0.05, 0.1) is 12.7 Å². The van der Waals surface area contributed by atoms with Crippen molar-refractivity contribution in [2.45, 2.75) is 24.7 Å². The Balaban J connectivity index is 1.50. The van der Waals surface area contributed by atoms with Crippen LogP contribution in [-0.2, 0) is 14.9 Å². The third-order valence-corrected chi connectivity index (χ3v) is 4.96. The molecule has 0 spiro atoms. The fourth-order valence-corrected chi connectivity index (χ4v) is 3.25. The second kappa shape index (κ2) is 8.04. The molecular weight excluding hydrogens is 330 g/mol. The topological polar surface area (TPSA) is 64.6 Å². The molecule has 1 saturated carbocycles. The molecule has 0 radical (unpaired) electrons. The highest BCUT2D eigenvalue weighted by Crippen LogP contribution is 2.43. The zero-order valence-corrected chi connectivity index (χ0v) is 14.9. The quantitative estimate of drug-likeness (QED) is 0.777. The summed E-state index contributed by atoms with van der Waals surface area (Å²) in [5.41, 5.74) is 1.62. The van der Waals surface area contributed by atoms with Gasteiger partial charge in [0, 0.05) is 12.0 Å². The number of carbonyl (C=O) groups is 2. The van der Waals surface area contributed by atoms with Crippen LogP contribution in [0.2, 0.25) is 0 Å². The lowest BCUT2D eigenvalue weighted by atomic mass is 9.64. The minimum atomic E-state index is -0.541. The lowest BCUT2D eigenvalue weighted by molar-refractivity contribution is -0.124. The summed E-state index contributed by atoms with van der Waals surface area (Å²) in [6, 6.07) is 16.9. The predicted octanol–water partition coefficient (Wildman–Crippen LogP) is 3.09. The highest BCUT2D eigenvalue weighted by molar-refractivity contribution is 5.91. The minimum absolute atomic E-state index is 0.00766. The van der Waals surface area contributed by atoms with Crippen molar-refractivity contribution in [3.8, 4) is 5.75 Å². The van der Waals surface area contributed by atoms with E-state index >= 15 is 0 Å². The molecule has 136 valence electrons. The van der Waals surface area contributed by atoms with Gasteiger partial charge in [-0.25, -0.2) is 4.79 Å². The van der Waals surface area contributed by atoms with Gasteiger partial charge in [-0.2, -0.15) is 0 Å². The van der Waals surface area contributed by atoms with E-state index in [1.165, 1.54) is 12.7 Å². The van der Waals surface area contributed by atoms with E-state index in [0.717, 1.165) is 19.3 Å². The first kappa shape index (κ1) is 18.0. The number of amides is 1. The average molecular weight is 353 g/mol. The molecule has 1 aliphatic rings. The Labute approximate surface area is 153 Å². The van der Waals surface area contributed by atoms with Crippen LogP contribution < -0.4 is 10.1 Å². The molecule has 1 amide bonds. The molecule has 0 heterocycles. The van der Waals surface area contributed by atoms with Gasteiger partial charge < -0.3 is 14.8 Å². The minimum Gasteiger partial charge on any atom is -0.497 e. The SMILES string of the molecule is COc1cccc(C(=O)OCC(=O)NCC2(c3ccccc3)CCC2)c1. The first-order chi connectivity index (χ1) is 12.6.